The Morgan fingerprint density at radius 3 is 2.53 bits per heavy atom. The van der Waals surface area contributed by atoms with Crippen LogP contribution in [0.2, 0.25) is 0 Å². The van der Waals surface area contributed by atoms with Gasteiger partial charge in [-0.1, -0.05) is 15.9 Å². The van der Waals surface area contributed by atoms with Gasteiger partial charge in [0.05, 0.1) is 0 Å². The maximum atomic E-state index is 13.6. The molecule has 1 aromatic carbocycles. The number of aryl methyl sites for hydroxylation is 1. The van der Waals surface area contributed by atoms with E-state index in [0.29, 0.717) is 36.7 Å². The van der Waals surface area contributed by atoms with Gasteiger partial charge in [-0.3, -0.25) is 0 Å². The van der Waals surface area contributed by atoms with Crippen LogP contribution in [0.5, 0.6) is 11.5 Å². The average molecular weight is 275 g/mol. The second-order valence-corrected chi connectivity index (χ2v) is 4.17. The van der Waals surface area contributed by atoms with Gasteiger partial charge in [0, 0.05) is 11.4 Å². The number of rotatable bonds is 3. The van der Waals surface area contributed by atoms with E-state index in [-0.39, 0.29) is 5.82 Å². The van der Waals surface area contributed by atoms with E-state index in [0.717, 1.165) is 11.8 Å². The van der Waals surface area contributed by atoms with Crippen molar-refractivity contribution in [2.45, 2.75) is 12.8 Å². The van der Waals surface area contributed by atoms with Crippen molar-refractivity contribution in [2.75, 3.05) is 18.5 Å². The summed E-state index contributed by atoms with van der Waals surface area (Å²) in [6.07, 6.45) is 1.63. The number of alkyl halides is 1. The second-order valence-electron chi connectivity index (χ2n) is 3.38. The van der Waals surface area contributed by atoms with Crippen LogP contribution in [-0.2, 0) is 6.42 Å². The summed E-state index contributed by atoms with van der Waals surface area (Å²) in [5, 5.41) is 0.876. The molecule has 1 heterocycles. The zero-order valence-electron chi connectivity index (χ0n) is 8.26. The molecular formula is C11H12BrFO2. The molecule has 0 saturated carbocycles. The van der Waals surface area contributed by atoms with Crippen LogP contribution in [0.15, 0.2) is 12.1 Å². The SMILES string of the molecule is Fc1cc2c(cc1CCCBr)OCCO2. The van der Waals surface area contributed by atoms with Gasteiger partial charge in [-0.25, -0.2) is 4.39 Å². The molecule has 15 heavy (non-hydrogen) atoms. The molecule has 82 valence electrons. The fourth-order valence-corrected chi connectivity index (χ4v) is 1.84. The summed E-state index contributed by atoms with van der Waals surface area (Å²) in [5.74, 6) is 0.966. The Balaban J connectivity index is 2.24. The molecule has 0 amide bonds. The van der Waals surface area contributed by atoms with Crippen molar-refractivity contribution in [3.63, 3.8) is 0 Å². The minimum Gasteiger partial charge on any atom is -0.486 e. The molecule has 0 bridgehead atoms. The van der Waals surface area contributed by atoms with Crippen molar-refractivity contribution in [1.29, 1.82) is 0 Å². The Bertz CT molecular complexity index is 355. The highest BCUT2D eigenvalue weighted by Crippen LogP contribution is 2.32. The molecule has 0 radical (unpaired) electrons. The maximum absolute atomic E-state index is 13.6. The van der Waals surface area contributed by atoms with Crippen molar-refractivity contribution in [2.24, 2.45) is 0 Å². The van der Waals surface area contributed by atoms with E-state index in [2.05, 4.69) is 15.9 Å². The summed E-state index contributed by atoms with van der Waals surface area (Å²) >= 11 is 3.33. The highest BCUT2D eigenvalue weighted by atomic mass is 79.9. The third kappa shape index (κ3) is 2.43. The fraction of sp³-hybridized carbons (Fsp3) is 0.455. The third-order valence-corrected chi connectivity index (χ3v) is 2.85. The van der Waals surface area contributed by atoms with Crippen molar-refractivity contribution in [1.82, 2.24) is 0 Å². The lowest BCUT2D eigenvalue weighted by Crippen LogP contribution is -2.16. The Morgan fingerprint density at radius 2 is 1.87 bits per heavy atom. The van der Waals surface area contributed by atoms with Crippen LogP contribution in [0, 0.1) is 5.82 Å². The summed E-state index contributed by atoms with van der Waals surface area (Å²) in [6, 6.07) is 3.16. The van der Waals surface area contributed by atoms with E-state index in [4.69, 9.17) is 9.47 Å². The van der Waals surface area contributed by atoms with Crippen LogP contribution in [0.4, 0.5) is 4.39 Å². The van der Waals surface area contributed by atoms with Gasteiger partial charge >= 0.3 is 0 Å². The number of hydrogen-bond acceptors (Lipinski definition) is 2. The van der Waals surface area contributed by atoms with E-state index in [1.807, 2.05) is 0 Å². The largest absolute Gasteiger partial charge is 0.486 e. The molecule has 0 saturated heterocycles. The van der Waals surface area contributed by atoms with E-state index in [1.165, 1.54) is 6.07 Å². The monoisotopic (exact) mass is 274 g/mol. The van der Waals surface area contributed by atoms with Crippen LogP contribution in [0.1, 0.15) is 12.0 Å². The highest BCUT2D eigenvalue weighted by Gasteiger charge is 2.15. The Hall–Kier alpha value is -0.770. The lowest BCUT2D eigenvalue weighted by atomic mass is 10.1. The van der Waals surface area contributed by atoms with Crippen molar-refractivity contribution >= 4 is 15.9 Å². The van der Waals surface area contributed by atoms with Gasteiger partial charge in [-0.05, 0) is 24.5 Å². The Morgan fingerprint density at radius 1 is 1.20 bits per heavy atom. The van der Waals surface area contributed by atoms with Gasteiger partial charge < -0.3 is 9.47 Å². The third-order valence-electron chi connectivity index (χ3n) is 2.29. The Kier molecular flexibility index (Phi) is 3.46. The van der Waals surface area contributed by atoms with Gasteiger partial charge in [-0.2, -0.15) is 0 Å². The number of ether oxygens (including phenoxy) is 2. The summed E-state index contributed by atoms with van der Waals surface area (Å²) in [7, 11) is 0. The molecule has 0 atom stereocenters. The van der Waals surface area contributed by atoms with Crippen LogP contribution >= 0.6 is 15.9 Å². The molecule has 2 nitrogen and oxygen atoms in total. The minimum absolute atomic E-state index is 0.208. The molecule has 0 aromatic heterocycles. The van der Waals surface area contributed by atoms with E-state index < -0.39 is 0 Å². The first-order valence-electron chi connectivity index (χ1n) is 4.95. The maximum Gasteiger partial charge on any atom is 0.164 e. The standard InChI is InChI=1S/C11H12BrFO2/c12-3-1-2-8-6-10-11(7-9(8)13)15-5-4-14-10/h6-7H,1-5H2. The van der Waals surface area contributed by atoms with Crippen LogP contribution in [-0.4, -0.2) is 18.5 Å². The van der Waals surface area contributed by atoms with Crippen LogP contribution in [0.3, 0.4) is 0 Å². The van der Waals surface area contributed by atoms with Crippen molar-refractivity contribution in [3.8, 4) is 11.5 Å². The molecule has 4 heteroatoms. The summed E-state index contributed by atoms with van der Waals surface area (Å²) < 4.78 is 24.2. The predicted molar refractivity (Wildman–Crippen MR) is 59.5 cm³/mol. The van der Waals surface area contributed by atoms with E-state index in [1.54, 1.807) is 6.07 Å². The molecular weight excluding hydrogens is 263 g/mol. The number of benzene rings is 1. The smallest absolute Gasteiger partial charge is 0.164 e. The van der Waals surface area contributed by atoms with Crippen LogP contribution in [0.25, 0.3) is 0 Å². The average Bonchev–Trinajstić information content (AvgIpc) is 2.26. The Labute approximate surface area is 96.5 Å². The van der Waals surface area contributed by atoms with Gasteiger partial charge in [0.25, 0.3) is 0 Å². The van der Waals surface area contributed by atoms with Crippen LogP contribution < -0.4 is 9.47 Å². The van der Waals surface area contributed by atoms with E-state index >= 15 is 0 Å². The number of fused-ring (bicyclic) bond motifs is 1. The van der Waals surface area contributed by atoms with Gasteiger partial charge in [-0.15, -0.1) is 0 Å². The molecule has 1 aliphatic rings. The first-order chi connectivity index (χ1) is 7.31. The summed E-state index contributed by atoms with van der Waals surface area (Å²) in [6.45, 7) is 1.03. The lowest BCUT2D eigenvalue weighted by Gasteiger charge is -2.19. The van der Waals surface area contributed by atoms with E-state index in [9.17, 15) is 4.39 Å². The zero-order chi connectivity index (χ0) is 10.7. The molecule has 0 fully saturated rings. The molecule has 1 aromatic rings. The zero-order valence-corrected chi connectivity index (χ0v) is 9.85. The molecule has 0 N–H and O–H groups in total. The fourth-order valence-electron chi connectivity index (χ4n) is 1.55. The topological polar surface area (TPSA) is 18.5 Å². The van der Waals surface area contributed by atoms with Crippen molar-refractivity contribution < 1.29 is 13.9 Å². The molecule has 2 rings (SSSR count). The normalized spacial score (nSPS) is 14.0. The highest BCUT2D eigenvalue weighted by molar-refractivity contribution is 9.09. The molecule has 1 aliphatic heterocycles. The number of hydrogen-bond donors (Lipinski definition) is 0. The first kappa shape index (κ1) is 10.7. The molecule has 0 unspecified atom stereocenters. The second kappa shape index (κ2) is 4.84. The lowest BCUT2D eigenvalue weighted by molar-refractivity contribution is 0.170. The number of halogens is 2. The van der Waals surface area contributed by atoms with Gasteiger partial charge in [0.1, 0.15) is 19.0 Å². The quantitative estimate of drug-likeness (QED) is 0.790. The minimum atomic E-state index is -0.208. The first-order valence-corrected chi connectivity index (χ1v) is 6.07. The predicted octanol–water partition coefficient (Wildman–Crippen LogP) is 2.92. The van der Waals surface area contributed by atoms with Gasteiger partial charge in [0.2, 0.25) is 0 Å². The van der Waals surface area contributed by atoms with Crippen molar-refractivity contribution in [3.05, 3.63) is 23.5 Å². The summed E-state index contributed by atoms with van der Waals surface area (Å²) in [4.78, 5) is 0. The summed E-state index contributed by atoms with van der Waals surface area (Å²) in [5.41, 5.74) is 0.693. The van der Waals surface area contributed by atoms with Gasteiger partial charge in [0.15, 0.2) is 11.5 Å². The molecule has 0 aliphatic carbocycles. The molecule has 0 spiro atoms.